The first-order valence-corrected chi connectivity index (χ1v) is 8.20. The summed E-state index contributed by atoms with van der Waals surface area (Å²) in [6.45, 7) is 9.99. The van der Waals surface area contributed by atoms with Crippen molar-refractivity contribution in [1.29, 1.82) is 0 Å². The topological polar surface area (TPSA) is 15.3 Å². The third kappa shape index (κ3) is 7.52. The highest BCUT2D eigenvalue weighted by Gasteiger charge is 2.07. The fourth-order valence-electron chi connectivity index (χ4n) is 1.75. The van der Waals surface area contributed by atoms with Gasteiger partial charge in [-0.2, -0.15) is 0 Å². The molecule has 1 N–H and O–H groups in total. The van der Waals surface area contributed by atoms with Crippen LogP contribution in [0.1, 0.15) is 38.5 Å². The van der Waals surface area contributed by atoms with Crippen molar-refractivity contribution in [3.63, 3.8) is 0 Å². The van der Waals surface area contributed by atoms with Gasteiger partial charge in [-0.05, 0) is 75.7 Å². The van der Waals surface area contributed by atoms with Crippen LogP contribution in [-0.4, -0.2) is 30.6 Å². The van der Waals surface area contributed by atoms with E-state index in [9.17, 15) is 0 Å². The van der Waals surface area contributed by atoms with E-state index in [-0.39, 0.29) is 5.54 Å². The first-order valence-electron chi connectivity index (χ1n) is 6.53. The number of rotatable bonds is 7. The maximum absolute atomic E-state index is 3.53. The van der Waals surface area contributed by atoms with Gasteiger partial charge in [0.1, 0.15) is 0 Å². The average molecular weight is 333 g/mol. The number of nitrogens with one attached hydrogen (secondary N) is 1. The molecule has 0 spiro atoms. The molecule has 0 aromatic carbocycles. The Kier molecular flexibility index (Phi) is 6.85. The van der Waals surface area contributed by atoms with E-state index in [1.165, 1.54) is 28.7 Å². The molecular weight excluding hydrogens is 308 g/mol. The maximum atomic E-state index is 3.53. The Hall–Kier alpha value is 0.1000. The Morgan fingerprint density at radius 1 is 1.33 bits per heavy atom. The lowest BCUT2D eigenvalue weighted by atomic mass is 10.1. The predicted molar refractivity (Wildman–Crippen MR) is 85.3 cm³/mol. The summed E-state index contributed by atoms with van der Waals surface area (Å²) in [6.07, 6.45) is 2.50. The van der Waals surface area contributed by atoms with Gasteiger partial charge in [0.2, 0.25) is 0 Å². The Bertz CT molecular complexity index is 344. The molecule has 0 aliphatic rings. The van der Waals surface area contributed by atoms with Crippen molar-refractivity contribution < 1.29 is 0 Å². The number of unbranched alkanes of at least 4 members (excludes halogenated alkanes) is 1. The van der Waals surface area contributed by atoms with Crippen molar-refractivity contribution in [2.75, 3.05) is 20.1 Å². The lowest BCUT2D eigenvalue weighted by Gasteiger charge is -2.21. The fourth-order valence-corrected chi connectivity index (χ4v) is 3.28. The van der Waals surface area contributed by atoms with Crippen LogP contribution >= 0.6 is 27.3 Å². The van der Waals surface area contributed by atoms with Crippen molar-refractivity contribution in [1.82, 2.24) is 10.2 Å². The minimum Gasteiger partial charge on any atom is -0.312 e. The van der Waals surface area contributed by atoms with E-state index in [0.29, 0.717) is 0 Å². The summed E-state index contributed by atoms with van der Waals surface area (Å²) in [5.41, 5.74) is 0.245. The summed E-state index contributed by atoms with van der Waals surface area (Å²) in [6, 6.07) is 2.21. The summed E-state index contributed by atoms with van der Waals surface area (Å²) < 4.78 is 1.20. The van der Waals surface area contributed by atoms with Gasteiger partial charge in [0.25, 0.3) is 0 Å². The van der Waals surface area contributed by atoms with Crippen LogP contribution in [0.15, 0.2) is 15.9 Å². The zero-order valence-corrected chi connectivity index (χ0v) is 14.3. The van der Waals surface area contributed by atoms with E-state index in [1.54, 1.807) is 0 Å². The van der Waals surface area contributed by atoms with E-state index >= 15 is 0 Å². The van der Waals surface area contributed by atoms with Crippen molar-refractivity contribution >= 4 is 27.3 Å². The predicted octanol–water partition coefficient (Wildman–Crippen LogP) is 4.11. The van der Waals surface area contributed by atoms with Crippen molar-refractivity contribution in [3.8, 4) is 0 Å². The summed E-state index contributed by atoms with van der Waals surface area (Å²) in [4.78, 5) is 3.83. The normalized spacial score (nSPS) is 12.3. The molecule has 18 heavy (non-hydrogen) atoms. The lowest BCUT2D eigenvalue weighted by molar-refractivity contribution is 0.316. The number of hydrogen-bond acceptors (Lipinski definition) is 3. The van der Waals surface area contributed by atoms with Gasteiger partial charge in [-0.1, -0.05) is 0 Å². The molecule has 104 valence electrons. The average Bonchev–Trinajstić information content (AvgIpc) is 2.61. The first-order chi connectivity index (χ1) is 8.37. The highest BCUT2D eigenvalue weighted by molar-refractivity contribution is 9.10. The second kappa shape index (κ2) is 7.63. The molecular formula is C14H25BrN2S. The third-order valence-electron chi connectivity index (χ3n) is 2.67. The largest absolute Gasteiger partial charge is 0.312 e. The summed E-state index contributed by atoms with van der Waals surface area (Å²) in [5.74, 6) is 0. The Labute approximate surface area is 124 Å². The maximum Gasteiger partial charge on any atom is 0.0325 e. The summed E-state index contributed by atoms with van der Waals surface area (Å²) in [5, 5.41) is 5.68. The lowest BCUT2D eigenvalue weighted by Crippen LogP contribution is -2.36. The SMILES string of the molecule is CN(CCCCNC(C)(C)C)Cc1cc(Br)cs1. The fraction of sp³-hybridized carbons (Fsp3) is 0.714. The van der Waals surface area contributed by atoms with Gasteiger partial charge in [-0.25, -0.2) is 0 Å². The van der Waals surface area contributed by atoms with E-state index in [2.05, 4.69) is 65.4 Å². The van der Waals surface area contributed by atoms with Crippen LogP contribution in [0.25, 0.3) is 0 Å². The summed E-state index contributed by atoms with van der Waals surface area (Å²) >= 11 is 5.32. The molecule has 1 aromatic rings. The highest BCUT2D eigenvalue weighted by atomic mass is 79.9. The Balaban J connectivity index is 2.09. The van der Waals surface area contributed by atoms with Gasteiger partial charge in [-0.15, -0.1) is 11.3 Å². The molecule has 1 heterocycles. The van der Waals surface area contributed by atoms with Crippen LogP contribution < -0.4 is 5.32 Å². The van der Waals surface area contributed by atoms with Gasteiger partial charge in [0.15, 0.2) is 0 Å². The van der Waals surface area contributed by atoms with Crippen LogP contribution in [0.5, 0.6) is 0 Å². The summed E-state index contributed by atoms with van der Waals surface area (Å²) in [7, 11) is 2.20. The van der Waals surface area contributed by atoms with Crippen LogP contribution in [0.3, 0.4) is 0 Å². The quantitative estimate of drug-likeness (QED) is 0.756. The van der Waals surface area contributed by atoms with Crippen LogP contribution in [0, 0.1) is 0 Å². The van der Waals surface area contributed by atoms with Gasteiger partial charge < -0.3 is 10.2 Å². The zero-order chi connectivity index (χ0) is 13.6. The molecule has 1 aromatic heterocycles. The Morgan fingerprint density at radius 2 is 2.06 bits per heavy atom. The van der Waals surface area contributed by atoms with Gasteiger partial charge in [-0.3, -0.25) is 0 Å². The third-order valence-corrected chi connectivity index (χ3v) is 4.35. The molecule has 0 radical (unpaired) electrons. The van der Waals surface area contributed by atoms with Crippen molar-refractivity contribution in [3.05, 3.63) is 20.8 Å². The molecule has 0 saturated heterocycles. The molecule has 4 heteroatoms. The minimum atomic E-state index is 0.245. The standard InChI is InChI=1S/C14H25BrN2S/c1-14(2,3)16-7-5-6-8-17(4)10-13-9-12(15)11-18-13/h9,11,16H,5-8,10H2,1-4H3. The van der Waals surface area contributed by atoms with Crippen LogP contribution in [-0.2, 0) is 6.54 Å². The van der Waals surface area contributed by atoms with E-state index < -0.39 is 0 Å². The van der Waals surface area contributed by atoms with Gasteiger partial charge >= 0.3 is 0 Å². The smallest absolute Gasteiger partial charge is 0.0325 e. The molecule has 0 saturated carbocycles. The van der Waals surface area contributed by atoms with Crippen LogP contribution in [0.4, 0.5) is 0 Å². The number of thiophene rings is 1. The van der Waals surface area contributed by atoms with E-state index in [0.717, 1.165) is 13.1 Å². The van der Waals surface area contributed by atoms with Crippen molar-refractivity contribution in [2.24, 2.45) is 0 Å². The van der Waals surface area contributed by atoms with Crippen molar-refractivity contribution in [2.45, 2.75) is 45.7 Å². The molecule has 0 aliphatic heterocycles. The molecule has 0 atom stereocenters. The monoisotopic (exact) mass is 332 g/mol. The molecule has 0 amide bonds. The van der Waals surface area contributed by atoms with Gasteiger partial charge in [0.05, 0.1) is 0 Å². The number of hydrogen-bond donors (Lipinski definition) is 1. The van der Waals surface area contributed by atoms with Gasteiger partial charge in [0, 0.05) is 26.8 Å². The number of halogens is 1. The molecule has 0 aliphatic carbocycles. The molecule has 0 unspecified atom stereocenters. The second-order valence-corrected chi connectivity index (χ2v) is 7.76. The van der Waals surface area contributed by atoms with E-state index in [1.807, 2.05) is 11.3 Å². The Morgan fingerprint density at radius 3 is 2.61 bits per heavy atom. The first kappa shape index (κ1) is 16.2. The second-order valence-electron chi connectivity index (χ2n) is 5.85. The van der Waals surface area contributed by atoms with E-state index in [4.69, 9.17) is 0 Å². The molecule has 1 rings (SSSR count). The minimum absolute atomic E-state index is 0.245. The van der Waals surface area contributed by atoms with Crippen LogP contribution in [0.2, 0.25) is 0 Å². The molecule has 2 nitrogen and oxygen atoms in total. The number of nitrogens with zero attached hydrogens (tertiary/aromatic N) is 1. The molecule has 0 fully saturated rings. The zero-order valence-electron chi connectivity index (χ0n) is 11.9. The highest BCUT2D eigenvalue weighted by Crippen LogP contribution is 2.20. The molecule has 0 bridgehead atoms.